The molecule has 2 atom stereocenters. The number of hydrogen-bond acceptors (Lipinski definition) is 4. The molecule has 3 heterocycles. The number of hydrogen-bond donors (Lipinski definition) is 0. The van der Waals surface area contributed by atoms with E-state index in [1.54, 1.807) is 28.6 Å². The van der Waals surface area contributed by atoms with E-state index in [4.69, 9.17) is 0 Å². The van der Waals surface area contributed by atoms with E-state index in [0.29, 0.717) is 35.9 Å². The maximum absolute atomic E-state index is 12.9. The first kappa shape index (κ1) is 18.4. The van der Waals surface area contributed by atoms with Gasteiger partial charge in [0.05, 0.1) is 4.90 Å². The van der Waals surface area contributed by atoms with Gasteiger partial charge in [-0.3, -0.25) is 4.90 Å². The van der Waals surface area contributed by atoms with Crippen LogP contribution in [-0.2, 0) is 10.0 Å². The van der Waals surface area contributed by atoms with Crippen molar-refractivity contribution in [3.05, 3.63) is 30.3 Å². The van der Waals surface area contributed by atoms with Crippen molar-refractivity contribution in [3.8, 4) is 0 Å². The molecular weight excluding hydrogens is 346 g/mol. The van der Waals surface area contributed by atoms with Crippen LogP contribution in [0.3, 0.4) is 0 Å². The predicted octanol–water partition coefficient (Wildman–Crippen LogP) is 2.11. The summed E-state index contributed by atoms with van der Waals surface area (Å²) >= 11 is 0. The summed E-state index contributed by atoms with van der Waals surface area (Å²) in [5, 5.41) is 0. The Morgan fingerprint density at radius 2 is 1.58 bits per heavy atom. The first-order valence-corrected chi connectivity index (χ1v) is 11.5. The number of likely N-dealkylation sites (tertiary alicyclic amines) is 2. The number of rotatable bonds is 5. The van der Waals surface area contributed by atoms with Gasteiger partial charge in [0.25, 0.3) is 0 Å². The average Bonchev–Trinajstić information content (AvgIpc) is 3.23. The fourth-order valence-corrected chi connectivity index (χ4v) is 6.62. The Morgan fingerprint density at radius 1 is 0.962 bits per heavy atom. The molecule has 0 aromatic heterocycles. The fourth-order valence-electron chi connectivity index (χ4n) is 5.05. The second kappa shape index (κ2) is 7.58. The molecule has 0 radical (unpaired) electrons. The van der Waals surface area contributed by atoms with Crippen molar-refractivity contribution in [1.29, 1.82) is 0 Å². The predicted molar refractivity (Wildman–Crippen MR) is 104 cm³/mol. The maximum atomic E-state index is 12.9. The van der Waals surface area contributed by atoms with Gasteiger partial charge in [0.15, 0.2) is 0 Å². The molecule has 0 N–H and O–H groups in total. The Hall–Kier alpha value is -0.950. The molecule has 1 aromatic carbocycles. The van der Waals surface area contributed by atoms with Crippen molar-refractivity contribution in [2.45, 2.75) is 37.1 Å². The zero-order valence-corrected chi connectivity index (χ0v) is 16.6. The number of fused-ring (bicyclic) bond motifs is 1. The van der Waals surface area contributed by atoms with Crippen molar-refractivity contribution in [2.75, 3.05) is 45.8 Å². The molecular formula is C20H31N3O2S. The quantitative estimate of drug-likeness (QED) is 0.788. The molecule has 0 bridgehead atoms. The molecule has 3 aliphatic rings. The van der Waals surface area contributed by atoms with Gasteiger partial charge in [-0.2, -0.15) is 4.31 Å². The van der Waals surface area contributed by atoms with Gasteiger partial charge in [0, 0.05) is 32.2 Å². The number of benzene rings is 1. The molecule has 0 saturated carbocycles. The van der Waals surface area contributed by atoms with Crippen LogP contribution in [0.4, 0.5) is 0 Å². The highest BCUT2D eigenvalue weighted by atomic mass is 32.2. The molecule has 6 heteroatoms. The lowest BCUT2D eigenvalue weighted by Crippen LogP contribution is -2.45. The Bertz CT molecular complexity index is 687. The summed E-state index contributed by atoms with van der Waals surface area (Å²) in [5.74, 6) is 1.00. The van der Waals surface area contributed by atoms with E-state index >= 15 is 0 Å². The summed E-state index contributed by atoms with van der Waals surface area (Å²) in [7, 11) is -3.33. The standard InChI is InChI=1S/C20H31N3O2S/c1-2-10-21-11-8-19(9-12-21)22-13-17-15-23(16-18(17)14-22)26(24,25)20-6-4-3-5-7-20/h3-7,17-19H,2,8-16H2,1H3. The first-order valence-electron chi connectivity index (χ1n) is 10.1. The minimum atomic E-state index is -3.33. The van der Waals surface area contributed by atoms with Crippen LogP contribution in [0, 0.1) is 11.8 Å². The normalized spacial score (nSPS) is 29.3. The van der Waals surface area contributed by atoms with Crippen LogP contribution in [0.15, 0.2) is 35.2 Å². The first-order chi connectivity index (χ1) is 12.6. The van der Waals surface area contributed by atoms with Gasteiger partial charge in [0.2, 0.25) is 10.0 Å². The van der Waals surface area contributed by atoms with E-state index in [2.05, 4.69) is 16.7 Å². The van der Waals surface area contributed by atoms with Crippen molar-refractivity contribution < 1.29 is 8.42 Å². The van der Waals surface area contributed by atoms with Crippen molar-refractivity contribution in [1.82, 2.24) is 14.1 Å². The SMILES string of the molecule is CCCN1CCC(N2CC3CN(S(=O)(=O)c4ccccc4)CC3C2)CC1. The van der Waals surface area contributed by atoms with E-state index < -0.39 is 10.0 Å². The van der Waals surface area contributed by atoms with Gasteiger partial charge < -0.3 is 4.90 Å². The molecule has 1 aromatic rings. The molecule has 4 rings (SSSR count). The van der Waals surface area contributed by atoms with E-state index in [0.717, 1.165) is 13.1 Å². The second-order valence-electron chi connectivity index (χ2n) is 8.18. The minimum absolute atomic E-state index is 0.431. The van der Waals surface area contributed by atoms with Crippen LogP contribution in [0.2, 0.25) is 0 Å². The summed E-state index contributed by atoms with van der Waals surface area (Å²) in [6.45, 7) is 9.44. The summed E-state index contributed by atoms with van der Waals surface area (Å²) in [6, 6.07) is 9.58. The lowest BCUT2D eigenvalue weighted by molar-refractivity contribution is 0.119. The van der Waals surface area contributed by atoms with Gasteiger partial charge in [0.1, 0.15) is 0 Å². The molecule has 2 unspecified atom stereocenters. The zero-order valence-electron chi connectivity index (χ0n) is 15.8. The van der Waals surface area contributed by atoms with Crippen LogP contribution in [-0.4, -0.2) is 74.4 Å². The lowest BCUT2D eigenvalue weighted by Gasteiger charge is -2.37. The van der Waals surface area contributed by atoms with Gasteiger partial charge in [-0.05, 0) is 62.9 Å². The van der Waals surface area contributed by atoms with E-state index in [1.807, 2.05) is 6.07 Å². The smallest absolute Gasteiger partial charge is 0.243 e. The van der Waals surface area contributed by atoms with Crippen LogP contribution in [0.1, 0.15) is 26.2 Å². The van der Waals surface area contributed by atoms with Crippen molar-refractivity contribution in [2.24, 2.45) is 11.8 Å². The molecule has 0 spiro atoms. The van der Waals surface area contributed by atoms with Gasteiger partial charge in [-0.1, -0.05) is 25.1 Å². The monoisotopic (exact) mass is 377 g/mol. The molecule has 0 amide bonds. The van der Waals surface area contributed by atoms with Crippen LogP contribution in [0.5, 0.6) is 0 Å². The molecule has 3 aliphatic heterocycles. The summed E-state index contributed by atoms with van der Waals surface area (Å²) < 4.78 is 27.4. The molecule has 5 nitrogen and oxygen atoms in total. The number of piperidine rings is 1. The van der Waals surface area contributed by atoms with Crippen LogP contribution >= 0.6 is 0 Å². The third-order valence-corrected chi connectivity index (χ3v) is 8.32. The molecule has 0 aliphatic carbocycles. The maximum Gasteiger partial charge on any atom is 0.243 e. The Morgan fingerprint density at radius 3 is 2.15 bits per heavy atom. The van der Waals surface area contributed by atoms with E-state index in [9.17, 15) is 8.42 Å². The van der Waals surface area contributed by atoms with E-state index in [-0.39, 0.29) is 0 Å². The zero-order chi connectivity index (χ0) is 18.1. The highest BCUT2D eigenvalue weighted by molar-refractivity contribution is 7.89. The van der Waals surface area contributed by atoms with Crippen LogP contribution in [0.25, 0.3) is 0 Å². The third kappa shape index (κ3) is 3.57. The molecule has 3 fully saturated rings. The Kier molecular flexibility index (Phi) is 5.37. The number of nitrogens with zero attached hydrogens (tertiary/aromatic N) is 3. The summed E-state index contributed by atoms with van der Waals surface area (Å²) in [4.78, 5) is 5.67. The lowest BCUT2D eigenvalue weighted by atomic mass is 10.0. The van der Waals surface area contributed by atoms with E-state index in [1.165, 1.54) is 38.9 Å². The van der Waals surface area contributed by atoms with Gasteiger partial charge in [-0.15, -0.1) is 0 Å². The van der Waals surface area contributed by atoms with Crippen molar-refractivity contribution in [3.63, 3.8) is 0 Å². The third-order valence-electron chi connectivity index (χ3n) is 6.48. The van der Waals surface area contributed by atoms with Gasteiger partial charge in [-0.25, -0.2) is 8.42 Å². The largest absolute Gasteiger partial charge is 0.303 e. The Labute approximate surface area is 158 Å². The fraction of sp³-hybridized carbons (Fsp3) is 0.700. The second-order valence-corrected chi connectivity index (χ2v) is 10.1. The molecule has 26 heavy (non-hydrogen) atoms. The summed E-state index contributed by atoms with van der Waals surface area (Å²) in [6.07, 6.45) is 3.78. The minimum Gasteiger partial charge on any atom is -0.303 e. The average molecular weight is 378 g/mol. The molecule has 3 saturated heterocycles. The van der Waals surface area contributed by atoms with Crippen LogP contribution < -0.4 is 0 Å². The van der Waals surface area contributed by atoms with Crippen molar-refractivity contribution >= 4 is 10.0 Å². The molecule has 144 valence electrons. The topological polar surface area (TPSA) is 43.9 Å². The highest BCUT2D eigenvalue weighted by Crippen LogP contribution is 2.36. The summed E-state index contributed by atoms with van der Waals surface area (Å²) in [5.41, 5.74) is 0. The number of sulfonamides is 1. The highest BCUT2D eigenvalue weighted by Gasteiger charge is 2.45. The Balaban J connectivity index is 1.33. The van der Waals surface area contributed by atoms with Gasteiger partial charge >= 0.3 is 0 Å².